The van der Waals surface area contributed by atoms with Gasteiger partial charge in [0.05, 0.1) is 19.6 Å². The zero-order valence-electron chi connectivity index (χ0n) is 27.0. The lowest BCUT2D eigenvalue weighted by molar-refractivity contribution is -0.167. The Bertz CT molecular complexity index is 1080. The third-order valence-corrected chi connectivity index (χ3v) is 5.35. The van der Waals surface area contributed by atoms with Gasteiger partial charge in [0, 0.05) is 0 Å². The first-order chi connectivity index (χ1) is 19.0. The van der Waals surface area contributed by atoms with Crippen molar-refractivity contribution in [2.24, 2.45) is 22.0 Å². The second-order valence-corrected chi connectivity index (χ2v) is 14.1. The predicted octanol–water partition coefficient (Wildman–Crippen LogP) is 5.98. The quantitative estimate of drug-likeness (QED) is 0.183. The summed E-state index contributed by atoms with van der Waals surface area (Å²) >= 11 is 0. The Morgan fingerprint density at radius 3 is 1.67 bits per heavy atom. The number of esters is 2. The molecule has 0 radical (unpaired) electrons. The molecule has 2 N–H and O–H groups in total. The number of hydrogen-bond donors (Lipinski definition) is 1. The van der Waals surface area contributed by atoms with Gasteiger partial charge < -0.3 is 34.2 Å². The van der Waals surface area contributed by atoms with Gasteiger partial charge in [-0.15, -0.1) is 0 Å². The Balaban J connectivity index is 2.97. The van der Waals surface area contributed by atoms with Gasteiger partial charge in [0.1, 0.15) is 18.2 Å². The zero-order valence-corrected chi connectivity index (χ0v) is 27.0. The average molecular weight is 596 g/mol. The Morgan fingerprint density at radius 2 is 1.19 bits per heavy atom. The summed E-state index contributed by atoms with van der Waals surface area (Å²) in [6, 6.07) is 3.29. The second-order valence-electron chi connectivity index (χ2n) is 14.1. The monoisotopic (exact) mass is 595 g/mol. The molecule has 0 unspecified atom stereocenters. The van der Waals surface area contributed by atoms with Crippen LogP contribution >= 0.6 is 0 Å². The van der Waals surface area contributed by atoms with Crippen LogP contribution < -0.4 is 15.2 Å². The van der Waals surface area contributed by atoms with Crippen molar-refractivity contribution in [3.8, 4) is 11.5 Å². The van der Waals surface area contributed by atoms with Crippen LogP contribution in [0, 0.1) is 16.2 Å². The molecule has 0 bridgehead atoms. The largest absolute Gasteiger partial charge is 0.513 e. The van der Waals surface area contributed by atoms with Crippen molar-refractivity contribution in [1.29, 1.82) is 0 Å². The van der Waals surface area contributed by atoms with E-state index in [1.54, 1.807) is 19.9 Å². The summed E-state index contributed by atoms with van der Waals surface area (Å²) in [6.07, 6.45) is -3.16. The zero-order chi connectivity index (χ0) is 32.5. The van der Waals surface area contributed by atoms with Gasteiger partial charge in [-0.2, -0.15) is 0 Å². The third-order valence-electron chi connectivity index (χ3n) is 5.35. The maximum absolute atomic E-state index is 12.7. The van der Waals surface area contributed by atoms with Crippen LogP contribution in [0.15, 0.2) is 18.2 Å². The molecule has 0 aromatic heterocycles. The smallest absolute Gasteiger partial charge is 0.459 e. The van der Waals surface area contributed by atoms with Crippen LogP contribution in [0.25, 0.3) is 0 Å². The Kier molecular flexibility index (Phi) is 13.3. The number of ether oxygens (including phenoxy) is 6. The van der Waals surface area contributed by atoms with Crippen molar-refractivity contribution >= 4 is 24.2 Å². The highest BCUT2D eigenvalue weighted by Crippen LogP contribution is 2.30. The molecule has 1 aromatic rings. The van der Waals surface area contributed by atoms with E-state index in [1.165, 1.54) is 12.1 Å². The van der Waals surface area contributed by atoms with Crippen molar-refractivity contribution in [2.45, 2.75) is 107 Å². The molecule has 0 aliphatic rings. The Morgan fingerprint density at radius 1 is 0.714 bits per heavy atom. The lowest BCUT2D eigenvalue weighted by Gasteiger charge is -2.24. The Labute approximate surface area is 249 Å². The minimum absolute atomic E-state index is 0.00585. The first-order valence-corrected chi connectivity index (χ1v) is 14.0. The Hall–Kier alpha value is -3.34. The van der Waals surface area contributed by atoms with Crippen molar-refractivity contribution in [2.75, 3.05) is 13.2 Å². The number of benzene rings is 1. The molecule has 1 rings (SSSR count). The molecule has 0 amide bonds. The molecule has 0 aliphatic carbocycles. The fourth-order valence-corrected chi connectivity index (χ4v) is 3.11. The van der Waals surface area contributed by atoms with Crippen LogP contribution in [0.1, 0.15) is 88.1 Å². The number of carbonyl (C=O) groups is 4. The van der Waals surface area contributed by atoms with E-state index in [4.69, 9.17) is 34.2 Å². The van der Waals surface area contributed by atoms with Crippen LogP contribution in [0.5, 0.6) is 11.5 Å². The molecule has 11 heteroatoms. The van der Waals surface area contributed by atoms with Gasteiger partial charge in [-0.3, -0.25) is 9.59 Å². The van der Waals surface area contributed by atoms with Gasteiger partial charge in [0.25, 0.3) is 0 Å². The molecular formula is C31H49NO10. The van der Waals surface area contributed by atoms with E-state index in [0.717, 1.165) is 0 Å². The van der Waals surface area contributed by atoms with E-state index < -0.39 is 36.5 Å². The van der Waals surface area contributed by atoms with Crippen LogP contribution in [-0.2, 0) is 35.0 Å². The minimum Gasteiger partial charge on any atom is -0.459 e. The van der Waals surface area contributed by atoms with E-state index in [-0.39, 0.29) is 59.8 Å². The topological polar surface area (TPSA) is 150 Å². The van der Waals surface area contributed by atoms with E-state index in [9.17, 15) is 19.2 Å². The first kappa shape index (κ1) is 36.7. The van der Waals surface area contributed by atoms with Crippen molar-refractivity contribution < 1.29 is 47.6 Å². The molecule has 11 nitrogen and oxygen atoms in total. The standard InChI is InChI=1S/C31H49NO10/c1-19(39-25(33)16-29(3,4)5)20(2)40-26(34)22(32)14-21-12-13-23(41-27(35)37-17-30(6,7)8)24(15-21)42-28(36)38-18-31(9,10)11/h12-13,15,19-20,22H,14,16-18,32H2,1-11H3/t19-,20-,22-/m0/s1. The SMILES string of the molecule is C[C@H](OC(=O)CC(C)(C)C)[C@H](C)OC(=O)[C@@H](N)Cc1ccc(OC(=O)OCC(C)(C)C)c(OC(=O)OCC(C)(C)C)c1. The van der Waals surface area contributed by atoms with Crippen LogP contribution in [0.3, 0.4) is 0 Å². The van der Waals surface area contributed by atoms with Gasteiger partial charge in [0.15, 0.2) is 11.5 Å². The maximum Gasteiger partial charge on any atom is 0.513 e. The van der Waals surface area contributed by atoms with Crippen LogP contribution in [-0.4, -0.2) is 55.7 Å². The van der Waals surface area contributed by atoms with Gasteiger partial charge >= 0.3 is 24.2 Å². The molecule has 0 saturated heterocycles. The fraction of sp³-hybridized carbons (Fsp3) is 0.677. The van der Waals surface area contributed by atoms with Crippen molar-refractivity contribution in [3.63, 3.8) is 0 Å². The summed E-state index contributed by atoms with van der Waals surface area (Å²) in [6.45, 7) is 20.6. The summed E-state index contributed by atoms with van der Waals surface area (Å²) in [4.78, 5) is 49.5. The van der Waals surface area contributed by atoms with E-state index in [0.29, 0.717) is 5.56 Å². The minimum atomic E-state index is -1.09. The molecule has 238 valence electrons. The molecule has 0 aliphatic heterocycles. The third kappa shape index (κ3) is 15.6. The van der Waals surface area contributed by atoms with Crippen molar-refractivity contribution in [3.05, 3.63) is 23.8 Å². The lowest BCUT2D eigenvalue weighted by Crippen LogP contribution is -2.39. The number of carbonyl (C=O) groups excluding carboxylic acids is 4. The fourth-order valence-electron chi connectivity index (χ4n) is 3.11. The lowest BCUT2D eigenvalue weighted by atomic mass is 9.92. The number of hydrogen-bond acceptors (Lipinski definition) is 11. The van der Waals surface area contributed by atoms with Crippen LogP contribution in [0.2, 0.25) is 0 Å². The average Bonchev–Trinajstić information content (AvgIpc) is 2.80. The highest BCUT2D eigenvalue weighted by Gasteiger charge is 2.27. The highest BCUT2D eigenvalue weighted by molar-refractivity contribution is 5.76. The predicted molar refractivity (Wildman–Crippen MR) is 156 cm³/mol. The molecular weight excluding hydrogens is 546 g/mol. The highest BCUT2D eigenvalue weighted by atomic mass is 16.7. The van der Waals surface area contributed by atoms with E-state index in [2.05, 4.69) is 0 Å². The van der Waals surface area contributed by atoms with Gasteiger partial charge in [0.2, 0.25) is 0 Å². The summed E-state index contributed by atoms with van der Waals surface area (Å²) in [7, 11) is 0. The molecule has 0 fully saturated rings. The normalized spacial score (nSPS) is 14.2. The second kappa shape index (κ2) is 15.2. The summed E-state index contributed by atoms with van der Waals surface area (Å²) in [5.74, 6) is -1.30. The van der Waals surface area contributed by atoms with E-state index in [1.807, 2.05) is 62.3 Å². The summed E-state index contributed by atoms with van der Waals surface area (Å²) < 4.78 is 31.8. The van der Waals surface area contributed by atoms with Gasteiger partial charge in [-0.1, -0.05) is 68.4 Å². The van der Waals surface area contributed by atoms with E-state index >= 15 is 0 Å². The molecule has 0 heterocycles. The maximum atomic E-state index is 12.7. The van der Waals surface area contributed by atoms with Crippen LogP contribution in [0.4, 0.5) is 9.59 Å². The molecule has 42 heavy (non-hydrogen) atoms. The number of rotatable bonds is 11. The van der Waals surface area contributed by atoms with Gasteiger partial charge in [-0.05, 0) is 54.2 Å². The van der Waals surface area contributed by atoms with Gasteiger partial charge in [-0.25, -0.2) is 9.59 Å². The summed E-state index contributed by atoms with van der Waals surface area (Å²) in [5.41, 5.74) is 5.78. The molecule has 3 atom stereocenters. The molecule has 0 spiro atoms. The van der Waals surface area contributed by atoms with Crippen molar-refractivity contribution in [1.82, 2.24) is 0 Å². The molecule has 1 aromatic carbocycles. The molecule has 0 saturated carbocycles. The first-order valence-electron chi connectivity index (χ1n) is 14.0. The summed E-state index contributed by atoms with van der Waals surface area (Å²) in [5, 5.41) is 0. The number of nitrogens with two attached hydrogens (primary N) is 1.